The summed E-state index contributed by atoms with van der Waals surface area (Å²) in [6, 6.07) is 7.09. The minimum atomic E-state index is 0.230. The van der Waals surface area contributed by atoms with Crippen LogP contribution in [0.5, 0.6) is 0 Å². The van der Waals surface area contributed by atoms with Crippen LogP contribution in [0.25, 0.3) is 10.8 Å². The van der Waals surface area contributed by atoms with E-state index < -0.39 is 0 Å². The number of rotatable bonds is 8. The van der Waals surface area contributed by atoms with Crippen LogP contribution >= 0.6 is 0 Å². The number of anilines is 2. The maximum atomic E-state index is 9.22. The van der Waals surface area contributed by atoms with E-state index in [0.29, 0.717) is 17.8 Å². The van der Waals surface area contributed by atoms with Gasteiger partial charge in [-0.3, -0.25) is 0 Å². The van der Waals surface area contributed by atoms with Gasteiger partial charge in [0, 0.05) is 48.7 Å². The molecule has 7 nitrogen and oxygen atoms in total. The number of ether oxygens (including phenoxy) is 1. The van der Waals surface area contributed by atoms with Gasteiger partial charge in [-0.25, -0.2) is 9.97 Å². The highest BCUT2D eigenvalue weighted by Gasteiger charge is 2.24. The van der Waals surface area contributed by atoms with Gasteiger partial charge < -0.3 is 20.7 Å². The molecule has 0 unspecified atom stereocenters. The van der Waals surface area contributed by atoms with Crippen molar-refractivity contribution in [2.75, 3.05) is 30.9 Å². The number of fused-ring (bicyclic) bond motifs is 1. The molecule has 0 aliphatic heterocycles. The van der Waals surface area contributed by atoms with Crippen LogP contribution in [0.2, 0.25) is 0 Å². The summed E-state index contributed by atoms with van der Waals surface area (Å²) < 4.78 is 5.10. The third-order valence-corrected chi connectivity index (χ3v) is 4.78. The molecular weight excluding hydrogens is 340 g/mol. The molecule has 2 aromatic rings. The predicted molar refractivity (Wildman–Crippen MR) is 108 cm³/mol. The third-order valence-electron chi connectivity index (χ3n) is 4.78. The Hall–Kier alpha value is -2.43. The molecule has 7 heteroatoms. The highest BCUT2D eigenvalue weighted by Crippen LogP contribution is 2.27. The fourth-order valence-corrected chi connectivity index (χ4v) is 3.54. The molecule has 1 fully saturated rings. The van der Waals surface area contributed by atoms with Gasteiger partial charge in [0.05, 0.1) is 6.61 Å². The standard InChI is InChI=1S/C20H28N6O/c1-13(2)24-20-18-10-19(23-12-14(18)8-17(11-21)26-20)25-16-5-4-15(9-16)22-6-7-27-3/h8,10,12-13,15-16,22H,4-7,9H2,1-3H3,(H,23,25)(H,24,26)/t15-,16-/m0/s1. The Morgan fingerprint density at radius 1 is 1.30 bits per heavy atom. The van der Waals surface area contributed by atoms with Crippen molar-refractivity contribution in [3.8, 4) is 6.07 Å². The fraction of sp³-hybridized carbons (Fsp3) is 0.550. The summed E-state index contributed by atoms with van der Waals surface area (Å²) in [7, 11) is 1.73. The molecule has 3 rings (SSSR count). The molecule has 0 radical (unpaired) electrons. The van der Waals surface area contributed by atoms with Crippen molar-refractivity contribution in [3.05, 3.63) is 24.0 Å². The highest BCUT2D eigenvalue weighted by atomic mass is 16.5. The zero-order chi connectivity index (χ0) is 19.2. The number of pyridine rings is 2. The Morgan fingerprint density at radius 2 is 2.11 bits per heavy atom. The van der Waals surface area contributed by atoms with Gasteiger partial charge in [-0.1, -0.05) is 0 Å². The van der Waals surface area contributed by atoms with Crippen LogP contribution in [0.15, 0.2) is 18.3 Å². The van der Waals surface area contributed by atoms with Crippen molar-refractivity contribution >= 4 is 22.4 Å². The van der Waals surface area contributed by atoms with Gasteiger partial charge >= 0.3 is 0 Å². The first-order valence-electron chi connectivity index (χ1n) is 9.55. The monoisotopic (exact) mass is 368 g/mol. The molecule has 1 aliphatic carbocycles. The van der Waals surface area contributed by atoms with Crippen molar-refractivity contribution in [1.29, 1.82) is 5.26 Å². The normalized spacial score (nSPS) is 19.4. The SMILES string of the molecule is COCCN[C@H]1CC[C@H](Nc2cc3c(NC(C)C)nc(C#N)cc3cn2)C1. The summed E-state index contributed by atoms with van der Waals surface area (Å²) >= 11 is 0. The lowest BCUT2D eigenvalue weighted by Gasteiger charge is -2.16. The Bertz CT molecular complexity index is 816. The maximum absolute atomic E-state index is 9.22. The second kappa shape index (κ2) is 8.98. The predicted octanol–water partition coefficient (Wildman–Crippen LogP) is 2.89. The molecule has 2 heterocycles. The fourth-order valence-electron chi connectivity index (χ4n) is 3.54. The number of methoxy groups -OCH3 is 1. The first-order valence-corrected chi connectivity index (χ1v) is 9.55. The summed E-state index contributed by atoms with van der Waals surface area (Å²) in [4.78, 5) is 8.99. The van der Waals surface area contributed by atoms with E-state index in [-0.39, 0.29) is 6.04 Å². The van der Waals surface area contributed by atoms with Crippen LogP contribution in [0, 0.1) is 11.3 Å². The topological polar surface area (TPSA) is 94.9 Å². The average molecular weight is 368 g/mol. The van der Waals surface area contributed by atoms with Gasteiger partial charge in [-0.15, -0.1) is 0 Å². The lowest BCUT2D eigenvalue weighted by Crippen LogP contribution is -2.30. The first-order chi connectivity index (χ1) is 13.1. The Morgan fingerprint density at radius 3 is 2.85 bits per heavy atom. The van der Waals surface area contributed by atoms with E-state index in [9.17, 15) is 5.26 Å². The van der Waals surface area contributed by atoms with Crippen LogP contribution in [-0.4, -0.2) is 48.4 Å². The van der Waals surface area contributed by atoms with E-state index in [4.69, 9.17) is 4.74 Å². The number of nitrogens with one attached hydrogen (secondary N) is 3. The molecule has 27 heavy (non-hydrogen) atoms. The second-order valence-corrected chi connectivity index (χ2v) is 7.36. The molecule has 0 saturated heterocycles. The highest BCUT2D eigenvalue weighted by molar-refractivity contribution is 5.93. The Labute approximate surface area is 160 Å². The molecule has 2 aromatic heterocycles. The largest absolute Gasteiger partial charge is 0.383 e. The Balaban J connectivity index is 1.73. The lowest BCUT2D eigenvalue weighted by molar-refractivity contribution is 0.195. The van der Waals surface area contributed by atoms with Gasteiger partial charge in [-0.2, -0.15) is 5.26 Å². The smallest absolute Gasteiger partial charge is 0.143 e. The number of hydrogen-bond donors (Lipinski definition) is 3. The van der Waals surface area contributed by atoms with Crippen LogP contribution in [-0.2, 0) is 4.74 Å². The number of hydrogen-bond acceptors (Lipinski definition) is 7. The van der Waals surface area contributed by atoms with Crippen molar-refractivity contribution < 1.29 is 4.74 Å². The van der Waals surface area contributed by atoms with E-state index >= 15 is 0 Å². The summed E-state index contributed by atoms with van der Waals surface area (Å²) in [6.07, 6.45) is 5.16. The van der Waals surface area contributed by atoms with Crippen LogP contribution < -0.4 is 16.0 Å². The van der Waals surface area contributed by atoms with E-state index in [1.54, 1.807) is 13.2 Å². The zero-order valence-electron chi connectivity index (χ0n) is 16.2. The van der Waals surface area contributed by atoms with Crippen molar-refractivity contribution in [3.63, 3.8) is 0 Å². The quantitative estimate of drug-likeness (QED) is 0.617. The summed E-state index contributed by atoms with van der Waals surface area (Å²) in [5.74, 6) is 1.58. The van der Waals surface area contributed by atoms with E-state index in [1.807, 2.05) is 12.3 Å². The summed E-state index contributed by atoms with van der Waals surface area (Å²) in [5.41, 5.74) is 0.397. The van der Waals surface area contributed by atoms with Crippen LogP contribution in [0.1, 0.15) is 38.8 Å². The zero-order valence-corrected chi connectivity index (χ0v) is 16.2. The maximum Gasteiger partial charge on any atom is 0.143 e. The van der Waals surface area contributed by atoms with Crippen LogP contribution in [0.3, 0.4) is 0 Å². The van der Waals surface area contributed by atoms with Crippen LogP contribution in [0.4, 0.5) is 11.6 Å². The van der Waals surface area contributed by atoms with E-state index in [2.05, 4.69) is 45.8 Å². The molecule has 1 aliphatic rings. The first kappa shape index (κ1) is 19.3. The molecule has 0 amide bonds. The molecule has 3 N–H and O–H groups in total. The molecule has 0 aromatic carbocycles. The van der Waals surface area contributed by atoms with Crippen molar-refractivity contribution in [2.24, 2.45) is 0 Å². The molecule has 0 spiro atoms. The third kappa shape index (κ3) is 5.06. The summed E-state index contributed by atoms with van der Waals surface area (Å²) in [6.45, 7) is 5.74. The lowest BCUT2D eigenvalue weighted by atomic mass is 10.1. The van der Waals surface area contributed by atoms with Gasteiger partial charge in [-0.05, 0) is 45.2 Å². The number of nitriles is 1. The molecule has 0 bridgehead atoms. The van der Waals surface area contributed by atoms with Gasteiger partial charge in [0.2, 0.25) is 0 Å². The van der Waals surface area contributed by atoms with E-state index in [0.717, 1.165) is 54.8 Å². The number of nitrogens with zero attached hydrogens (tertiary/aromatic N) is 3. The van der Waals surface area contributed by atoms with E-state index in [1.165, 1.54) is 0 Å². The van der Waals surface area contributed by atoms with Gasteiger partial charge in [0.25, 0.3) is 0 Å². The minimum absolute atomic E-state index is 0.230. The average Bonchev–Trinajstić information content (AvgIpc) is 3.09. The molecule has 144 valence electrons. The second-order valence-electron chi connectivity index (χ2n) is 7.36. The minimum Gasteiger partial charge on any atom is -0.383 e. The van der Waals surface area contributed by atoms with Crippen molar-refractivity contribution in [1.82, 2.24) is 15.3 Å². The number of aromatic nitrogens is 2. The van der Waals surface area contributed by atoms with Gasteiger partial charge in [0.1, 0.15) is 23.4 Å². The summed E-state index contributed by atoms with van der Waals surface area (Å²) in [5, 5.41) is 21.5. The van der Waals surface area contributed by atoms with Crippen molar-refractivity contribution in [2.45, 2.75) is 51.2 Å². The Kier molecular flexibility index (Phi) is 6.43. The molecular formula is C20H28N6O. The molecule has 1 saturated carbocycles. The van der Waals surface area contributed by atoms with Gasteiger partial charge in [0.15, 0.2) is 0 Å². The molecule has 2 atom stereocenters.